The summed E-state index contributed by atoms with van der Waals surface area (Å²) in [5.41, 5.74) is 2.20. The fourth-order valence-electron chi connectivity index (χ4n) is 3.69. The van der Waals surface area contributed by atoms with Crippen molar-refractivity contribution >= 4 is 10.8 Å². The Bertz CT molecular complexity index is 1140. The van der Waals surface area contributed by atoms with Crippen LogP contribution in [0.25, 0.3) is 21.9 Å². The summed E-state index contributed by atoms with van der Waals surface area (Å²) in [4.78, 5) is 0. The zero-order valence-electron chi connectivity index (χ0n) is 16.3. The molecule has 0 aromatic heterocycles. The molecule has 0 saturated heterocycles. The summed E-state index contributed by atoms with van der Waals surface area (Å²) >= 11 is 0. The Kier molecular flexibility index (Phi) is 5.14. The molecule has 4 rings (SSSR count). The number of aryl methyl sites for hydroxylation is 1. The number of alkyl halides is 1. The normalized spacial score (nSPS) is 13.4. The van der Waals surface area contributed by atoms with E-state index in [1.165, 1.54) is 12.1 Å². The van der Waals surface area contributed by atoms with Crippen LogP contribution in [0.3, 0.4) is 0 Å². The van der Waals surface area contributed by atoms with Gasteiger partial charge in [-0.25, -0.2) is 13.2 Å². The molecular formula is C26H21F3. The van der Waals surface area contributed by atoms with Crippen molar-refractivity contribution in [1.82, 2.24) is 0 Å². The fraction of sp³-hybridized carbons (Fsp3) is 0.154. The molecule has 3 heteroatoms. The Morgan fingerprint density at radius 3 is 1.97 bits per heavy atom. The SMILES string of the molecule is Cc1ccc(-c2c(F)cc(C(C)C(F)c3ccc4ccccc4c3)cc2F)cc1. The molecule has 29 heavy (non-hydrogen) atoms. The van der Waals surface area contributed by atoms with Crippen molar-refractivity contribution in [3.63, 3.8) is 0 Å². The van der Waals surface area contributed by atoms with Crippen LogP contribution >= 0.6 is 0 Å². The maximum Gasteiger partial charge on any atom is 0.134 e. The lowest BCUT2D eigenvalue weighted by atomic mass is 9.89. The summed E-state index contributed by atoms with van der Waals surface area (Å²) in [5, 5.41) is 1.96. The van der Waals surface area contributed by atoms with Gasteiger partial charge in [-0.15, -0.1) is 0 Å². The van der Waals surface area contributed by atoms with Gasteiger partial charge in [0.15, 0.2) is 0 Å². The van der Waals surface area contributed by atoms with Crippen LogP contribution in [0.1, 0.15) is 35.7 Å². The number of halogens is 3. The highest BCUT2D eigenvalue weighted by atomic mass is 19.1. The highest BCUT2D eigenvalue weighted by molar-refractivity contribution is 5.83. The first-order valence-corrected chi connectivity index (χ1v) is 9.63. The van der Waals surface area contributed by atoms with Gasteiger partial charge in [-0.1, -0.05) is 73.2 Å². The molecule has 0 saturated carbocycles. The van der Waals surface area contributed by atoms with Crippen molar-refractivity contribution in [2.45, 2.75) is 25.9 Å². The third-order valence-corrected chi connectivity index (χ3v) is 5.46. The highest BCUT2D eigenvalue weighted by Crippen LogP contribution is 2.37. The van der Waals surface area contributed by atoms with Gasteiger partial charge in [0.1, 0.15) is 17.8 Å². The number of benzene rings is 4. The molecule has 0 heterocycles. The molecule has 4 aromatic rings. The molecule has 0 aliphatic carbocycles. The first kappa shape index (κ1) is 19.3. The minimum Gasteiger partial charge on any atom is -0.242 e. The Balaban J connectivity index is 1.67. The Morgan fingerprint density at radius 2 is 1.31 bits per heavy atom. The van der Waals surface area contributed by atoms with Crippen LogP contribution in [0, 0.1) is 18.6 Å². The molecule has 4 aromatic carbocycles. The molecule has 0 spiro atoms. The molecule has 0 bridgehead atoms. The van der Waals surface area contributed by atoms with Gasteiger partial charge in [-0.3, -0.25) is 0 Å². The van der Waals surface area contributed by atoms with Gasteiger partial charge in [0.2, 0.25) is 0 Å². The molecule has 0 N–H and O–H groups in total. The predicted molar refractivity (Wildman–Crippen MR) is 113 cm³/mol. The van der Waals surface area contributed by atoms with Crippen molar-refractivity contribution < 1.29 is 13.2 Å². The van der Waals surface area contributed by atoms with Gasteiger partial charge >= 0.3 is 0 Å². The van der Waals surface area contributed by atoms with E-state index in [1.807, 2.05) is 49.4 Å². The van der Waals surface area contributed by atoms with E-state index >= 15 is 4.39 Å². The second kappa shape index (κ2) is 7.75. The molecule has 0 nitrogen and oxygen atoms in total. The third kappa shape index (κ3) is 3.77. The molecule has 2 atom stereocenters. The lowest BCUT2D eigenvalue weighted by molar-refractivity contribution is 0.298. The van der Waals surface area contributed by atoms with Gasteiger partial charge < -0.3 is 0 Å². The van der Waals surface area contributed by atoms with Gasteiger partial charge in [0, 0.05) is 5.92 Å². The van der Waals surface area contributed by atoms with E-state index in [2.05, 4.69) is 0 Å². The molecule has 0 aliphatic heterocycles. The minimum absolute atomic E-state index is 0.0814. The Morgan fingerprint density at radius 1 is 0.690 bits per heavy atom. The van der Waals surface area contributed by atoms with Gasteiger partial charge in [-0.2, -0.15) is 0 Å². The van der Waals surface area contributed by atoms with E-state index in [0.717, 1.165) is 16.3 Å². The largest absolute Gasteiger partial charge is 0.242 e. The van der Waals surface area contributed by atoms with Crippen LogP contribution in [0.15, 0.2) is 78.9 Å². The molecule has 146 valence electrons. The predicted octanol–water partition coefficient (Wildman–Crippen LogP) is 7.91. The van der Waals surface area contributed by atoms with E-state index in [1.54, 1.807) is 31.2 Å². The van der Waals surface area contributed by atoms with Gasteiger partial charge in [0.05, 0.1) is 5.56 Å². The molecular weight excluding hydrogens is 369 g/mol. The lowest BCUT2D eigenvalue weighted by Crippen LogP contribution is -2.06. The summed E-state index contributed by atoms with van der Waals surface area (Å²) in [6.07, 6.45) is -1.37. The maximum absolute atomic E-state index is 15.2. The van der Waals surface area contributed by atoms with E-state index < -0.39 is 23.7 Å². The molecule has 2 unspecified atom stereocenters. The lowest BCUT2D eigenvalue weighted by Gasteiger charge is -2.19. The summed E-state index contributed by atoms with van der Waals surface area (Å²) in [6, 6.07) is 22.6. The smallest absolute Gasteiger partial charge is 0.134 e. The standard InChI is InChI=1S/C26H21F3/c1-16-7-9-19(10-8-16)25-23(27)14-22(15-24(25)28)17(2)26(29)21-12-11-18-5-3-4-6-20(18)13-21/h3-15,17,26H,1-2H3. The van der Waals surface area contributed by atoms with Crippen LogP contribution in [0.4, 0.5) is 13.2 Å². The zero-order valence-corrected chi connectivity index (χ0v) is 16.3. The molecule has 0 fully saturated rings. The Labute approximate surface area is 168 Å². The van der Waals surface area contributed by atoms with Crippen molar-refractivity contribution in [3.8, 4) is 11.1 Å². The number of rotatable bonds is 4. The summed E-state index contributed by atoms with van der Waals surface area (Å²) in [5.74, 6) is -2.05. The molecule has 0 aliphatic rings. The molecule has 0 radical (unpaired) electrons. The van der Waals surface area contributed by atoms with Crippen molar-refractivity contribution in [2.24, 2.45) is 0 Å². The Hall–Kier alpha value is -3.07. The van der Waals surface area contributed by atoms with Gasteiger partial charge in [-0.05, 0) is 52.6 Å². The quantitative estimate of drug-likeness (QED) is 0.332. The molecule has 0 amide bonds. The van der Waals surface area contributed by atoms with Crippen LogP contribution in [-0.2, 0) is 0 Å². The van der Waals surface area contributed by atoms with Crippen molar-refractivity contribution in [3.05, 3.63) is 107 Å². The second-order valence-electron chi connectivity index (χ2n) is 7.52. The van der Waals surface area contributed by atoms with Crippen molar-refractivity contribution in [2.75, 3.05) is 0 Å². The van der Waals surface area contributed by atoms with E-state index in [9.17, 15) is 8.78 Å². The number of hydrogen-bond donors (Lipinski definition) is 0. The van der Waals surface area contributed by atoms with E-state index in [0.29, 0.717) is 16.7 Å². The monoisotopic (exact) mass is 390 g/mol. The van der Waals surface area contributed by atoms with Crippen LogP contribution in [0.2, 0.25) is 0 Å². The van der Waals surface area contributed by atoms with Crippen LogP contribution in [-0.4, -0.2) is 0 Å². The minimum atomic E-state index is -1.37. The van der Waals surface area contributed by atoms with Crippen molar-refractivity contribution in [1.29, 1.82) is 0 Å². The first-order valence-electron chi connectivity index (χ1n) is 9.63. The topological polar surface area (TPSA) is 0 Å². The zero-order chi connectivity index (χ0) is 20.5. The number of hydrogen-bond acceptors (Lipinski definition) is 0. The average Bonchev–Trinajstić information content (AvgIpc) is 2.73. The van der Waals surface area contributed by atoms with E-state index in [-0.39, 0.29) is 5.56 Å². The third-order valence-electron chi connectivity index (χ3n) is 5.46. The average molecular weight is 390 g/mol. The van der Waals surface area contributed by atoms with Gasteiger partial charge in [0.25, 0.3) is 0 Å². The first-order chi connectivity index (χ1) is 13.9. The summed E-state index contributed by atoms with van der Waals surface area (Å²) < 4.78 is 44.8. The number of fused-ring (bicyclic) bond motifs is 1. The van der Waals surface area contributed by atoms with Crippen LogP contribution in [0.5, 0.6) is 0 Å². The van der Waals surface area contributed by atoms with E-state index in [4.69, 9.17) is 0 Å². The maximum atomic E-state index is 15.2. The fourth-order valence-corrected chi connectivity index (χ4v) is 3.69. The summed E-state index contributed by atoms with van der Waals surface area (Å²) in [6.45, 7) is 3.56. The highest BCUT2D eigenvalue weighted by Gasteiger charge is 2.23. The second-order valence-corrected chi connectivity index (χ2v) is 7.52. The van der Waals surface area contributed by atoms with Crippen LogP contribution < -0.4 is 0 Å². The summed E-state index contributed by atoms with van der Waals surface area (Å²) in [7, 11) is 0.